The zero-order chi connectivity index (χ0) is 22.8. The van der Waals surface area contributed by atoms with Crippen molar-refractivity contribution in [2.45, 2.75) is 13.0 Å². The average molecular weight is 448 g/mol. The Labute approximate surface area is 193 Å². The molecule has 8 nitrogen and oxygen atoms in total. The Hall–Kier alpha value is -3.36. The summed E-state index contributed by atoms with van der Waals surface area (Å²) < 4.78 is 19.2. The summed E-state index contributed by atoms with van der Waals surface area (Å²) in [5.41, 5.74) is 4.30. The first kappa shape index (κ1) is 21.5. The molecule has 0 bridgehead atoms. The molecule has 0 aliphatic carbocycles. The third kappa shape index (κ3) is 4.86. The van der Waals surface area contributed by atoms with Crippen LogP contribution in [0.15, 0.2) is 48.0 Å². The maximum absolute atomic E-state index is 6.08. The molecule has 0 radical (unpaired) electrons. The highest BCUT2D eigenvalue weighted by Crippen LogP contribution is 2.31. The molecule has 1 aromatic carbocycles. The summed E-state index contributed by atoms with van der Waals surface area (Å²) in [6, 6.07) is 13.9. The molecule has 2 aliphatic rings. The zero-order valence-electron chi connectivity index (χ0n) is 19.2. The lowest BCUT2D eigenvalue weighted by Gasteiger charge is -2.33. The predicted octanol–water partition coefficient (Wildman–Crippen LogP) is 3.73. The van der Waals surface area contributed by atoms with E-state index in [2.05, 4.69) is 21.4 Å². The number of pyridine rings is 1. The summed E-state index contributed by atoms with van der Waals surface area (Å²) in [5, 5.41) is 7.74. The van der Waals surface area contributed by atoms with E-state index in [1.807, 2.05) is 61.1 Å². The molecule has 1 N–H and O–H groups in total. The Balaban J connectivity index is 1.26. The summed E-state index contributed by atoms with van der Waals surface area (Å²) in [4.78, 5) is 7.20. The number of morpholine rings is 1. The number of nitrogens with one attached hydrogen (secondary N) is 1. The molecular formula is C25H29N5O3. The highest BCUT2D eigenvalue weighted by Gasteiger charge is 2.25. The van der Waals surface area contributed by atoms with Gasteiger partial charge in [-0.25, -0.2) is 4.98 Å². The standard InChI is InChI=1S/C25H29N5O3/c1-17-11-25(28-29(17)2)27-24-6-4-5-21(26-24)23-15-30(9-10-32-23)14-18-12-19-13-20(31-3)7-8-22(19)33-16-18/h4-8,11-13,23H,9-10,14-16H2,1-3H3,(H,26,27,28)/t23-/m0/s1. The highest BCUT2D eigenvalue weighted by molar-refractivity contribution is 5.64. The van der Waals surface area contributed by atoms with Crippen molar-refractivity contribution in [2.24, 2.45) is 7.05 Å². The van der Waals surface area contributed by atoms with Gasteiger partial charge in [-0.15, -0.1) is 0 Å². The molecule has 4 heterocycles. The topological polar surface area (TPSA) is 73.7 Å². The Morgan fingerprint density at radius 3 is 2.91 bits per heavy atom. The van der Waals surface area contributed by atoms with Gasteiger partial charge in [0, 0.05) is 44.0 Å². The smallest absolute Gasteiger partial charge is 0.153 e. The van der Waals surface area contributed by atoms with Gasteiger partial charge in [-0.05, 0) is 48.9 Å². The lowest BCUT2D eigenvalue weighted by molar-refractivity contribution is -0.0293. The minimum Gasteiger partial charge on any atom is -0.497 e. The molecular weight excluding hydrogens is 418 g/mol. The monoisotopic (exact) mass is 447 g/mol. The van der Waals surface area contributed by atoms with E-state index >= 15 is 0 Å². The number of hydrogen-bond acceptors (Lipinski definition) is 7. The van der Waals surface area contributed by atoms with Crippen molar-refractivity contribution in [3.05, 3.63) is 65.0 Å². The van der Waals surface area contributed by atoms with Crippen molar-refractivity contribution in [3.63, 3.8) is 0 Å². The number of hydrogen-bond donors (Lipinski definition) is 1. The van der Waals surface area contributed by atoms with Crippen molar-refractivity contribution < 1.29 is 14.2 Å². The van der Waals surface area contributed by atoms with Gasteiger partial charge < -0.3 is 19.5 Å². The van der Waals surface area contributed by atoms with Gasteiger partial charge in [0.15, 0.2) is 5.82 Å². The number of nitrogens with zero attached hydrogens (tertiary/aromatic N) is 4. The fourth-order valence-electron chi connectivity index (χ4n) is 4.19. The van der Waals surface area contributed by atoms with Crippen LogP contribution in [0.3, 0.4) is 0 Å². The number of aromatic nitrogens is 3. The van der Waals surface area contributed by atoms with Gasteiger partial charge >= 0.3 is 0 Å². The van der Waals surface area contributed by atoms with Crippen LogP contribution in [0.25, 0.3) is 6.08 Å². The SMILES string of the molecule is COc1ccc2c(c1)C=C(CN1CCO[C@H](c3cccc(Nc4cc(C)n(C)n4)n3)C1)CO2. The van der Waals surface area contributed by atoms with Crippen LogP contribution in [0.5, 0.6) is 11.5 Å². The van der Waals surface area contributed by atoms with Gasteiger partial charge in [-0.2, -0.15) is 5.10 Å². The second-order valence-corrected chi connectivity index (χ2v) is 8.46. The second-order valence-electron chi connectivity index (χ2n) is 8.46. The first-order chi connectivity index (χ1) is 16.1. The number of fused-ring (bicyclic) bond motifs is 1. The van der Waals surface area contributed by atoms with Crippen molar-refractivity contribution in [1.29, 1.82) is 0 Å². The van der Waals surface area contributed by atoms with Crippen LogP contribution < -0.4 is 14.8 Å². The fraction of sp³-hybridized carbons (Fsp3) is 0.360. The maximum atomic E-state index is 6.08. The third-order valence-corrected chi connectivity index (χ3v) is 6.04. The average Bonchev–Trinajstić information content (AvgIpc) is 3.15. The van der Waals surface area contributed by atoms with Crippen molar-refractivity contribution in [2.75, 3.05) is 45.3 Å². The summed E-state index contributed by atoms with van der Waals surface area (Å²) in [7, 11) is 3.61. The number of benzene rings is 1. The van der Waals surface area contributed by atoms with E-state index in [0.717, 1.165) is 59.7 Å². The minimum absolute atomic E-state index is 0.0801. The van der Waals surface area contributed by atoms with Gasteiger partial charge in [0.25, 0.3) is 0 Å². The summed E-state index contributed by atoms with van der Waals surface area (Å²) in [6.07, 6.45) is 2.13. The lowest BCUT2D eigenvalue weighted by Crippen LogP contribution is -2.40. The molecule has 1 saturated heterocycles. The van der Waals surface area contributed by atoms with E-state index in [9.17, 15) is 0 Å². The van der Waals surface area contributed by atoms with E-state index in [-0.39, 0.29) is 6.10 Å². The molecule has 8 heteroatoms. The predicted molar refractivity (Wildman–Crippen MR) is 127 cm³/mol. The van der Waals surface area contributed by atoms with Crippen LogP contribution in [0.4, 0.5) is 11.6 Å². The van der Waals surface area contributed by atoms with Gasteiger partial charge in [-0.3, -0.25) is 9.58 Å². The number of rotatable bonds is 6. The molecule has 5 rings (SSSR count). The maximum Gasteiger partial charge on any atom is 0.153 e. The molecule has 0 unspecified atom stereocenters. The number of anilines is 2. The van der Waals surface area contributed by atoms with Gasteiger partial charge in [0.05, 0.1) is 19.4 Å². The van der Waals surface area contributed by atoms with Gasteiger partial charge in [0.2, 0.25) is 0 Å². The van der Waals surface area contributed by atoms with E-state index in [4.69, 9.17) is 19.2 Å². The van der Waals surface area contributed by atoms with Gasteiger partial charge in [0.1, 0.15) is 30.0 Å². The first-order valence-corrected chi connectivity index (χ1v) is 11.2. The van der Waals surface area contributed by atoms with E-state index in [0.29, 0.717) is 13.2 Å². The van der Waals surface area contributed by atoms with Gasteiger partial charge in [-0.1, -0.05) is 6.07 Å². The molecule has 3 aromatic rings. The Morgan fingerprint density at radius 1 is 1.18 bits per heavy atom. The summed E-state index contributed by atoms with van der Waals surface area (Å²) in [5.74, 6) is 3.28. The van der Waals surface area contributed by atoms with Crippen LogP contribution in [-0.2, 0) is 11.8 Å². The van der Waals surface area contributed by atoms with Crippen molar-refractivity contribution >= 4 is 17.7 Å². The highest BCUT2D eigenvalue weighted by atomic mass is 16.5. The molecule has 2 aliphatic heterocycles. The first-order valence-electron chi connectivity index (χ1n) is 11.2. The molecule has 0 spiro atoms. The Bertz CT molecular complexity index is 1150. The van der Waals surface area contributed by atoms with Crippen LogP contribution in [0, 0.1) is 6.92 Å². The Kier molecular flexibility index (Phi) is 6.02. The third-order valence-electron chi connectivity index (χ3n) is 6.04. The molecule has 0 saturated carbocycles. The molecule has 2 aromatic heterocycles. The van der Waals surface area contributed by atoms with Crippen LogP contribution >= 0.6 is 0 Å². The van der Waals surface area contributed by atoms with E-state index in [1.165, 1.54) is 5.57 Å². The number of aryl methyl sites for hydroxylation is 2. The molecule has 0 amide bonds. The van der Waals surface area contributed by atoms with Crippen molar-refractivity contribution in [3.8, 4) is 11.5 Å². The van der Waals surface area contributed by atoms with Crippen LogP contribution in [-0.4, -0.2) is 59.6 Å². The van der Waals surface area contributed by atoms with E-state index in [1.54, 1.807) is 7.11 Å². The number of ether oxygens (including phenoxy) is 3. The number of methoxy groups -OCH3 is 1. The van der Waals surface area contributed by atoms with Crippen LogP contribution in [0.2, 0.25) is 0 Å². The quantitative estimate of drug-likeness (QED) is 0.617. The summed E-state index contributed by atoms with van der Waals surface area (Å²) >= 11 is 0. The molecule has 1 atom stereocenters. The normalized spacial score (nSPS) is 18.3. The molecule has 1 fully saturated rings. The second kappa shape index (κ2) is 9.25. The van der Waals surface area contributed by atoms with Crippen LogP contribution in [0.1, 0.15) is 23.1 Å². The molecule has 172 valence electrons. The van der Waals surface area contributed by atoms with Crippen molar-refractivity contribution in [1.82, 2.24) is 19.7 Å². The lowest BCUT2D eigenvalue weighted by atomic mass is 10.1. The largest absolute Gasteiger partial charge is 0.497 e. The fourth-order valence-corrected chi connectivity index (χ4v) is 4.19. The summed E-state index contributed by atoms with van der Waals surface area (Å²) in [6.45, 7) is 5.78. The Morgan fingerprint density at radius 2 is 2.09 bits per heavy atom. The van der Waals surface area contributed by atoms with E-state index < -0.39 is 0 Å². The molecule has 33 heavy (non-hydrogen) atoms. The minimum atomic E-state index is -0.0801. The zero-order valence-corrected chi connectivity index (χ0v) is 19.2.